The standard InChI is InChI=1S/C26H19N5O3/c32-20-10-6-9-18(13-20)24-27-14-19(15-28-24)29-25(33)23-21-11-4-5-12-22(21)26(34)31(30-23)16-17-7-2-1-3-8-17/h1-15,32H,16H2,(H,29,33). The van der Waals surface area contributed by atoms with Gasteiger partial charge in [0.25, 0.3) is 11.5 Å². The van der Waals surface area contributed by atoms with Crippen LogP contribution in [-0.2, 0) is 6.54 Å². The highest BCUT2D eigenvalue weighted by atomic mass is 16.3. The van der Waals surface area contributed by atoms with E-state index in [9.17, 15) is 14.7 Å². The molecule has 0 bridgehead atoms. The number of anilines is 1. The molecule has 5 aromatic rings. The zero-order chi connectivity index (χ0) is 23.5. The van der Waals surface area contributed by atoms with E-state index in [0.29, 0.717) is 27.8 Å². The summed E-state index contributed by atoms with van der Waals surface area (Å²) < 4.78 is 1.30. The van der Waals surface area contributed by atoms with Crippen molar-refractivity contribution >= 4 is 22.4 Å². The van der Waals surface area contributed by atoms with E-state index < -0.39 is 5.91 Å². The third-order valence-corrected chi connectivity index (χ3v) is 5.27. The molecule has 166 valence electrons. The van der Waals surface area contributed by atoms with Crippen LogP contribution in [0.5, 0.6) is 5.75 Å². The van der Waals surface area contributed by atoms with Crippen LogP contribution in [0.1, 0.15) is 16.1 Å². The Bertz CT molecular complexity index is 1550. The average Bonchev–Trinajstić information content (AvgIpc) is 2.87. The quantitative estimate of drug-likeness (QED) is 0.422. The summed E-state index contributed by atoms with van der Waals surface area (Å²) in [7, 11) is 0. The van der Waals surface area contributed by atoms with Gasteiger partial charge in [0.15, 0.2) is 11.5 Å². The van der Waals surface area contributed by atoms with Crippen LogP contribution in [0.3, 0.4) is 0 Å². The number of carbonyl (C=O) groups excluding carboxylic acids is 1. The third-order valence-electron chi connectivity index (χ3n) is 5.27. The summed E-state index contributed by atoms with van der Waals surface area (Å²) >= 11 is 0. The van der Waals surface area contributed by atoms with E-state index in [1.54, 1.807) is 48.5 Å². The summed E-state index contributed by atoms with van der Waals surface area (Å²) in [5, 5.41) is 17.7. The van der Waals surface area contributed by atoms with Gasteiger partial charge in [-0.15, -0.1) is 0 Å². The smallest absolute Gasteiger partial charge is 0.276 e. The first-order valence-corrected chi connectivity index (χ1v) is 10.5. The zero-order valence-corrected chi connectivity index (χ0v) is 17.9. The van der Waals surface area contributed by atoms with E-state index in [1.165, 1.54) is 17.1 Å². The number of nitrogens with one attached hydrogen (secondary N) is 1. The Labute approximate surface area is 194 Å². The first-order valence-electron chi connectivity index (χ1n) is 10.5. The predicted molar refractivity (Wildman–Crippen MR) is 129 cm³/mol. The van der Waals surface area contributed by atoms with E-state index >= 15 is 0 Å². The fraction of sp³-hybridized carbons (Fsp3) is 0.0385. The minimum absolute atomic E-state index is 0.113. The summed E-state index contributed by atoms with van der Waals surface area (Å²) in [6, 6.07) is 23.0. The van der Waals surface area contributed by atoms with Crippen LogP contribution < -0.4 is 10.9 Å². The molecule has 0 atom stereocenters. The van der Waals surface area contributed by atoms with Crippen molar-refractivity contribution in [2.24, 2.45) is 0 Å². The highest BCUT2D eigenvalue weighted by Crippen LogP contribution is 2.21. The van der Waals surface area contributed by atoms with Crippen molar-refractivity contribution in [1.29, 1.82) is 0 Å². The molecule has 0 fully saturated rings. The van der Waals surface area contributed by atoms with Crippen LogP contribution in [0.15, 0.2) is 96.1 Å². The van der Waals surface area contributed by atoms with Gasteiger partial charge >= 0.3 is 0 Å². The summed E-state index contributed by atoms with van der Waals surface area (Å²) in [5.41, 5.74) is 1.78. The van der Waals surface area contributed by atoms with Crippen LogP contribution in [0.2, 0.25) is 0 Å². The summed E-state index contributed by atoms with van der Waals surface area (Å²) in [6.45, 7) is 0.243. The molecule has 8 nitrogen and oxygen atoms in total. The molecule has 0 saturated heterocycles. The molecule has 2 heterocycles. The molecule has 0 aliphatic rings. The molecule has 8 heteroatoms. The van der Waals surface area contributed by atoms with Gasteiger partial charge in [-0.2, -0.15) is 5.10 Å². The zero-order valence-electron chi connectivity index (χ0n) is 17.9. The van der Waals surface area contributed by atoms with Crippen molar-refractivity contribution in [1.82, 2.24) is 19.7 Å². The Morgan fingerprint density at radius 1 is 0.882 bits per heavy atom. The van der Waals surface area contributed by atoms with Crippen molar-refractivity contribution < 1.29 is 9.90 Å². The van der Waals surface area contributed by atoms with E-state index in [1.807, 2.05) is 30.3 Å². The Hall–Kier alpha value is -4.85. The summed E-state index contributed by atoms with van der Waals surface area (Å²) in [4.78, 5) is 34.7. The number of aromatic nitrogens is 4. The molecule has 0 saturated carbocycles. The fourth-order valence-corrected chi connectivity index (χ4v) is 3.64. The molecule has 3 aromatic carbocycles. The molecule has 0 unspecified atom stereocenters. The number of benzene rings is 3. The number of hydrogen-bond acceptors (Lipinski definition) is 6. The normalized spacial score (nSPS) is 10.8. The number of rotatable bonds is 5. The lowest BCUT2D eigenvalue weighted by atomic mass is 10.1. The van der Waals surface area contributed by atoms with Gasteiger partial charge in [-0.1, -0.05) is 60.7 Å². The largest absolute Gasteiger partial charge is 0.508 e. The van der Waals surface area contributed by atoms with Gasteiger partial charge in [0.05, 0.1) is 30.0 Å². The number of amides is 1. The van der Waals surface area contributed by atoms with Crippen molar-refractivity contribution in [2.45, 2.75) is 6.54 Å². The lowest BCUT2D eigenvalue weighted by molar-refractivity contribution is 0.102. The Balaban J connectivity index is 1.47. The average molecular weight is 449 g/mol. The van der Waals surface area contributed by atoms with Gasteiger partial charge in [0, 0.05) is 10.9 Å². The van der Waals surface area contributed by atoms with Crippen LogP contribution in [0.4, 0.5) is 5.69 Å². The number of nitrogens with zero attached hydrogens (tertiary/aromatic N) is 4. The predicted octanol–water partition coefficient (Wildman–Crippen LogP) is 3.86. The van der Waals surface area contributed by atoms with Gasteiger partial charge < -0.3 is 10.4 Å². The molecule has 0 aliphatic heterocycles. The molecular formula is C26H19N5O3. The molecule has 2 aromatic heterocycles. The van der Waals surface area contributed by atoms with Gasteiger partial charge in [-0.3, -0.25) is 9.59 Å². The van der Waals surface area contributed by atoms with Gasteiger partial charge in [-0.25, -0.2) is 14.6 Å². The minimum atomic E-state index is -0.480. The minimum Gasteiger partial charge on any atom is -0.508 e. The first kappa shape index (κ1) is 21.0. The molecule has 0 spiro atoms. The SMILES string of the molecule is O=C(Nc1cnc(-c2cccc(O)c2)nc1)c1nn(Cc2ccccc2)c(=O)c2ccccc12. The molecular weight excluding hydrogens is 430 g/mol. The lowest BCUT2D eigenvalue weighted by Crippen LogP contribution is -2.28. The first-order chi connectivity index (χ1) is 16.6. The molecule has 5 rings (SSSR count). The van der Waals surface area contributed by atoms with Gasteiger partial charge in [0.2, 0.25) is 0 Å². The monoisotopic (exact) mass is 449 g/mol. The molecule has 0 aliphatic carbocycles. The number of carbonyl (C=O) groups is 1. The van der Waals surface area contributed by atoms with Crippen LogP contribution in [0.25, 0.3) is 22.2 Å². The number of fused-ring (bicyclic) bond motifs is 1. The van der Waals surface area contributed by atoms with Crippen molar-refractivity contribution in [3.8, 4) is 17.1 Å². The maximum absolute atomic E-state index is 13.2. The Kier molecular flexibility index (Phi) is 5.53. The molecule has 2 N–H and O–H groups in total. The second kappa shape index (κ2) is 8.95. The van der Waals surface area contributed by atoms with Crippen molar-refractivity contribution in [2.75, 3.05) is 5.32 Å². The second-order valence-electron chi connectivity index (χ2n) is 7.64. The topological polar surface area (TPSA) is 110 Å². The Morgan fingerprint density at radius 2 is 1.59 bits per heavy atom. The highest BCUT2D eigenvalue weighted by Gasteiger charge is 2.17. The maximum Gasteiger partial charge on any atom is 0.276 e. The molecule has 34 heavy (non-hydrogen) atoms. The fourth-order valence-electron chi connectivity index (χ4n) is 3.64. The lowest BCUT2D eigenvalue weighted by Gasteiger charge is -2.11. The van der Waals surface area contributed by atoms with E-state index in [2.05, 4.69) is 20.4 Å². The summed E-state index contributed by atoms with van der Waals surface area (Å²) in [5.74, 6) is 0.0441. The van der Waals surface area contributed by atoms with Crippen molar-refractivity contribution in [3.63, 3.8) is 0 Å². The van der Waals surface area contributed by atoms with Crippen LogP contribution in [-0.4, -0.2) is 30.8 Å². The second-order valence-corrected chi connectivity index (χ2v) is 7.64. The van der Waals surface area contributed by atoms with Crippen LogP contribution in [0, 0.1) is 0 Å². The van der Waals surface area contributed by atoms with E-state index in [4.69, 9.17) is 0 Å². The highest BCUT2D eigenvalue weighted by molar-refractivity contribution is 6.11. The number of aromatic hydroxyl groups is 1. The van der Waals surface area contributed by atoms with Gasteiger partial charge in [-0.05, 0) is 23.8 Å². The summed E-state index contributed by atoms with van der Waals surface area (Å²) in [6.07, 6.45) is 2.96. The van der Waals surface area contributed by atoms with Gasteiger partial charge in [0.1, 0.15) is 5.75 Å². The van der Waals surface area contributed by atoms with E-state index in [-0.39, 0.29) is 23.5 Å². The number of phenols is 1. The van der Waals surface area contributed by atoms with E-state index in [0.717, 1.165) is 5.56 Å². The van der Waals surface area contributed by atoms with Crippen molar-refractivity contribution in [3.05, 3.63) is 113 Å². The number of phenolic OH excluding ortho intramolecular Hbond substituents is 1. The number of hydrogen-bond donors (Lipinski definition) is 2. The Morgan fingerprint density at radius 3 is 2.32 bits per heavy atom. The van der Waals surface area contributed by atoms with Crippen LogP contribution >= 0.6 is 0 Å². The molecule has 1 amide bonds. The maximum atomic E-state index is 13.2. The third kappa shape index (κ3) is 4.24. The molecule has 0 radical (unpaired) electrons.